The van der Waals surface area contributed by atoms with Gasteiger partial charge < -0.3 is 9.64 Å². The standard InChI is InChI=1S/C18H24BrN3O2/c1-17(2,3)24-16(23)21-11-9-18(4,10-12-21)22-14-8-6-5-7-13(14)15(19)20-22/h5-8H,9-12H2,1-4H3. The van der Waals surface area contributed by atoms with Gasteiger partial charge in [-0.15, -0.1) is 0 Å². The summed E-state index contributed by atoms with van der Waals surface area (Å²) >= 11 is 3.56. The molecule has 1 saturated heterocycles. The van der Waals surface area contributed by atoms with Gasteiger partial charge in [0.2, 0.25) is 0 Å². The molecule has 6 heteroatoms. The number of likely N-dealkylation sites (tertiary alicyclic amines) is 1. The van der Waals surface area contributed by atoms with Gasteiger partial charge in [-0.2, -0.15) is 5.10 Å². The number of carbonyl (C=O) groups excluding carboxylic acids is 1. The number of aromatic nitrogens is 2. The predicted molar refractivity (Wildman–Crippen MR) is 98.1 cm³/mol. The third-order valence-corrected chi connectivity index (χ3v) is 5.13. The number of rotatable bonds is 1. The summed E-state index contributed by atoms with van der Waals surface area (Å²) in [6.07, 6.45) is 1.48. The summed E-state index contributed by atoms with van der Waals surface area (Å²) in [6.45, 7) is 9.25. The zero-order chi connectivity index (χ0) is 17.5. The minimum absolute atomic E-state index is 0.107. The van der Waals surface area contributed by atoms with E-state index >= 15 is 0 Å². The van der Waals surface area contributed by atoms with Gasteiger partial charge >= 0.3 is 6.09 Å². The Morgan fingerprint density at radius 2 is 1.88 bits per heavy atom. The lowest BCUT2D eigenvalue weighted by Gasteiger charge is -2.40. The van der Waals surface area contributed by atoms with E-state index in [0.29, 0.717) is 13.1 Å². The van der Waals surface area contributed by atoms with Crippen molar-refractivity contribution in [2.24, 2.45) is 0 Å². The van der Waals surface area contributed by atoms with Crippen molar-refractivity contribution in [1.29, 1.82) is 0 Å². The largest absolute Gasteiger partial charge is 0.444 e. The monoisotopic (exact) mass is 393 g/mol. The lowest BCUT2D eigenvalue weighted by molar-refractivity contribution is 0.0124. The third-order valence-electron chi connectivity index (χ3n) is 4.55. The zero-order valence-corrected chi connectivity index (χ0v) is 16.3. The van der Waals surface area contributed by atoms with E-state index in [-0.39, 0.29) is 11.6 Å². The summed E-state index contributed by atoms with van der Waals surface area (Å²) in [6, 6.07) is 8.22. The van der Waals surface area contributed by atoms with E-state index < -0.39 is 5.60 Å². The summed E-state index contributed by atoms with van der Waals surface area (Å²) in [5, 5.41) is 5.83. The highest BCUT2D eigenvalue weighted by Crippen LogP contribution is 2.35. The summed E-state index contributed by atoms with van der Waals surface area (Å²) < 4.78 is 8.46. The number of para-hydroxylation sites is 1. The molecule has 0 N–H and O–H groups in total. The van der Waals surface area contributed by atoms with Crippen LogP contribution in [0.4, 0.5) is 4.79 Å². The first-order valence-corrected chi connectivity index (χ1v) is 9.11. The van der Waals surface area contributed by atoms with Gasteiger partial charge in [0.1, 0.15) is 10.2 Å². The lowest BCUT2D eigenvalue weighted by atomic mass is 9.89. The van der Waals surface area contributed by atoms with E-state index in [1.165, 1.54) is 0 Å². The molecule has 2 aromatic rings. The molecule has 1 amide bonds. The number of benzene rings is 1. The smallest absolute Gasteiger partial charge is 0.410 e. The quantitative estimate of drug-likeness (QED) is 0.713. The Kier molecular flexibility index (Phi) is 4.36. The number of hydrogen-bond donors (Lipinski definition) is 0. The number of hydrogen-bond acceptors (Lipinski definition) is 3. The van der Waals surface area contributed by atoms with Gasteiger partial charge in [-0.1, -0.05) is 18.2 Å². The normalized spacial score (nSPS) is 18.0. The van der Waals surface area contributed by atoms with Crippen LogP contribution in [0.1, 0.15) is 40.5 Å². The number of piperidine rings is 1. The van der Waals surface area contributed by atoms with Crippen molar-refractivity contribution >= 4 is 32.9 Å². The maximum absolute atomic E-state index is 12.3. The summed E-state index contributed by atoms with van der Waals surface area (Å²) in [4.78, 5) is 14.1. The van der Waals surface area contributed by atoms with Crippen LogP contribution in [0.15, 0.2) is 28.9 Å². The molecular formula is C18H24BrN3O2. The summed E-state index contributed by atoms with van der Waals surface area (Å²) in [7, 11) is 0. The van der Waals surface area contributed by atoms with E-state index in [1.807, 2.05) is 32.9 Å². The van der Waals surface area contributed by atoms with Crippen LogP contribution in [0.3, 0.4) is 0 Å². The molecule has 0 spiro atoms. The Morgan fingerprint density at radius 1 is 1.25 bits per heavy atom. The van der Waals surface area contributed by atoms with E-state index in [9.17, 15) is 4.79 Å². The summed E-state index contributed by atoms with van der Waals surface area (Å²) in [5.74, 6) is 0. The molecule has 130 valence electrons. The van der Waals surface area contributed by atoms with Gasteiger partial charge in [0.15, 0.2) is 0 Å². The van der Waals surface area contributed by atoms with Crippen molar-refractivity contribution in [3.8, 4) is 0 Å². The van der Waals surface area contributed by atoms with Crippen LogP contribution < -0.4 is 0 Å². The first-order chi connectivity index (χ1) is 11.2. The highest BCUT2D eigenvalue weighted by molar-refractivity contribution is 9.10. The number of carbonyl (C=O) groups is 1. The predicted octanol–water partition coefficient (Wildman–Crippen LogP) is 4.54. The molecule has 24 heavy (non-hydrogen) atoms. The number of fused-ring (bicyclic) bond motifs is 1. The van der Waals surface area contributed by atoms with Crippen molar-refractivity contribution in [3.63, 3.8) is 0 Å². The van der Waals surface area contributed by atoms with E-state index in [1.54, 1.807) is 4.90 Å². The molecule has 0 unspecified atom stereocenters. The molecular weight excluding hydrogens is 370 g/mol. The highest BCUT2D eigenvalue weighted by atomic mass is 79.9. The van der Waals surface area contributed by atoms with Gasteiger partial charge in [0.25, 0.3) is 0 Å². The van der Waals surface area contributed by atoms with Gasteiger partial charge in [0, 0.05) is 18.5 Å². The third kappa shape index (κ3) is 3.29. The molecule has 1 aromatic carbocycles. The second-order valence-electron chi connectivity index (χ2n) is 7.68. The molecule has 0 atom stereocenters. The van der Waals surface area contributed by atoms with E-state index in [2.05, 4.69) is 39.7 Å². The van der Waals surface area contributed by atoms with Crippen LogP contribution in [-0.4, -0.2) is 39.5 Å². The molecule has 2 heterocycles. The number of ether oxygens (including phenoxy) is 1. The van der Waals surface area contributed by atoms with Crippen LogP contribution in [0.25, 0.3) is 10.9 Å². The van der Waals surface area contributed by atoms with Gasteiger partial charge in [-0.05, 0) is 62.5 Å². The van der Waals surface area contributed by atoms with Gasteiger partial charge in [0.05, 0.1) is 11.1 Å². The maximum Gasteiger partial charge on any atom is 0.410 e. The molecule has 1 fully saturated rings. The molecule has 0 aliphatic carbocycles. The minimum Gasteiger partial charge on any atom is -0.444 e. The number of nitrogens with zero attached hydrogens (tertiary/aromatic N) is 3. The second kappa shape index (κ2) is 6.06. The van der Waals surface area contributed by atoms with Gasteiger partial charge in [-0.25, -0.2) is 4.79 Å². The Labute approximate surface area is 151 Å². The van der Waals surface area contributed by atoms with Crippen molar-refractivity contribution in [2.75, 3.05) is 13.1 Å². The topological polar surface area (TPSA) is 47.4 Å². The molecule has 0 bridgehead atoms. The van der Waals surface area contributed by atoms with Crippen LogP contribution >= 0.6 is 15.9 Å². The molecule has 3 rings (SSSR count). The van der Waals surface area contributed by atoms with Gasteiger partial charge in [-0.3, -0.25) is 4.68 Å². The van der Waals surface area contributed by atoms with E-state index in [0.717, 1.165) is 28.3 Å². The fourth-order valence-electron chi connectivity index (χ4n) is 3.15. The van der Waals surface area contributed by atoms with Crippen molar-refractivity contribution in [3.05, 3.63) is 28.9 Å². The Hall–Kier alpha value is -1.56. The van der Waals surface area contributed by atoms with Crippen LogP contribution in [0, 0.1) is 0 Å². The van der Waals surface area contributed by atoms with Crippen molar-refractivity contribution in [2.45, 2.75) is 51.7 Å². The van der Waals surface area contributed by atoms with Crippen LogP contribution in [0.5, 0.6) is 0 Å². The summed E-state index contributed by atoms with van der Waals surface area (Å²) in [5.41, 5.74) is 0.558. The zero-order valence-electron chi connectivity index (χ0n) is 14.7. The molecule has 0 radical (unpaired) electrons. The Morgan fingerprint density at radius 3 is 2.50 bits per heavy atom. The van der Waals surface area contributed by atoms with Crippen molar-refractivity contribution < 1.29 is 9.53 Å². The van der Waals surface area contributed by atoms with Crippen LogP contribution in [-0.2, 0) is 10.3 Å². The molecule has 5 nitrogen and oxygen atoms in total. The van der Waals surface area contributed by atoms with Crippen LogP contribution in [0.2, 0.25) is 0 Å². The lowest BCUT2D eigenvalue weighted by Crippen LogP contribution is -2.48. The fourth-order valence-corrected chi connectivity index (χ4v) is 3.64. The Bertz CT molecular complexity index is 755. The first-order valence-electron chi connectivity index (χ1n) is 8.31. The molecule has 1 aromatic heterocycles. The van der Waals surface area contributed by atoms with E-state index in [4.69, 9.17) is 9.84 Å². The number of halogens is 1. The average molecular weight is 394 g/mol. The first kappa shape index (κ1) is 17.3. The maximum atomic E-state index is 12.3. The Balaban J connectivity index is 1.78. The highest BCUT2D eigenvalue weighted by Gasteiger charge is 2.36. The van der Waals surface area contributed by atoms with Crippen molar-refractivity contribution in [1.82, 2.24) is 14.7 Å². The molecule has 1 aliphatic heterocycles. The molecule has 0 saturated carbocycles. The average Bonchev–Trinajstić information content (AvgIpc) is 2.85. The fraction of sp³-hybridized carbons (Fsp3) is 0.556. The second-order valence-corrected chi connectivity index (χ2v) is 8.44. The molecule has 1 aliphatic rings. The SMILES string of the molecule is CC(C)(C)OC(=O)N1CCC(C)(n2nc(Br)c3ccccc32)CC1. The number of amides is 1. The minimum atomic E-state index is -0.457.